The highest BCUT2D eigenvalue weighted by molar-refractivity contribution is 7.12. The van der Waals surface area contributed by atoms with E-state index in [1.165, 1.54) is 0 Å². The van der Waals surface area contributed by atoms with Crippen LogP contribution in [0.1, 0.15) is 29.0 Å². The summed E-state index contributed by atoms with van der Waals surface area (Å²) in [6, 6.07) is 15.1. The topological polar surface area (TPSA) is 65.5 Å². The van der Waals surface area contributed by atoms with Gasteiger partial charge in [-0.1, -0.05) is 41.2 Å². The van der Waals surface area contributed by atoms with Crippen LogP contribution in [0, 0.1) is 6.92 Å². The van der Waals surface area contributed by atoms with Gasteiger partial charge in [-0.3, -0.25) is 9.59 Å². The van der Waals surface area contributed by atoms with Crippen LogP contribution in [0.4, 0.5) is 0 Å². The van der Waals surface area contributed by atoms with Crippen LogP contribution in [0.2, 0.25) is 0 Å². The number of carbonyl (C=O) groups is 1. The lowest BCUT2D eigenvalue weighted by atomic mass is 9.88. The Labute approximate surface area is 160 Å². The van der Waals surface area contributed by atoms with Gasteiger partial charge in [0, 0.05) is 11.5 Å². The molecule has 0 saturated heterocycles. The van der Waals surface area contributed by atoms with Gasteiger partial charge in [0.2, 0.25) is 10.6 Å². The van der Waals surface area contributed by atoms with Crippen molar-refractivity contribution in [2.45, 2.75) is 19.3 Å². The SMILES string of the molecule is COc1ccc(-c2nc3c(c(=O)s2)C(c2ccc(C)cc2)CC(=O)O3)cc1. The molecular formula is C21H17NO4S. The van der Waals surface area contributed by atoms with Crippen LogP contribution in [0.3, 0.4) is 0 Å². The van der Waals surface area contributed by atoms with Gasteiger partial charge in [-0.2, -0.15) is 0 Å². The zero-order valence-electron chi connectivity index (χ0n) is 14.9. The zero-order valence-corrected chi connectivity index (χ0v) is 15.7. The quantitative estimate of drug-likeness (QED) is 0.645. The molecule has 136 valence electrons. The first kappa shape index (κ1) is 17.4. The van der Waals surface area contributed by atoms with Crippen molar-refractivity contribution < 1.29 is 14.3 Å². The van der Waals surface area contributed by atoms with E-state index in [0.29, 0.717) is 10.6 Å². The van der Waals surface area contributed by atoms with Gasteiger partial charge in [-0.05, 0) is 36.8 Å². The summed E-state index contributed by atoms with van der Waals surface area (Å²) in [6.45, 7) is 2.00. The molecule has 0 saturated carbocycles. The normalized spacial score (nSPS) is 15.8. The third kappa shape index (κ3) is 3.36. The number of methoxy groups -OCH3 is 1. The molecule has 0 amide bonds. The number of carbonyl (C=O) groups excluding carboxylic acids is 1. The van der Waals surface area contributed by atoms with Gasteiger partial charge >= 0.3 is 5.97 Å². The number of esters is 1. The monoisotopic (exact) mass is 379 g/mol. The van der Waals surface area contributed by atoms with Crippen molar-refractivity contribution in [1.82, 2.24) is 4.98 Å². The van der Waals surface area contributed by atoms with Gasteiger partial charge < -0.3 is 9.47 Å². The molecule has 0 spiro atoms. The fraction of sp³-hybridized carbons (Fsp3) is 0.190. The summed E-state index contributed by atoms with van der Waals surface area (Å²) in [5.41, 5.74) is 3.27. The molecule has 27 heavy (non-hydrogen) atoms. The second kappa shape index (κ2) is 6.96. The molecule has 0 radical (unpaired) electrons. The van der Waals surface area contributed by atoms with Gasteiger partial charge in [0.05, 0.1) is 19.1 Å². The molecule has 0 aliphatic carbocycles. The van der Waals surface area contributed by atoms with Crippen LogP contribution in [-0.4, -0.2) is 18.1 Å². The fourth-order valence-corrected chi connectivity index (χ4v) is 4.03. The van der Waals surface area contributed by atoms with Gasteiger partial charge in [-0.25, -0.2) is 4.98 Å². The van der Waals surface area contributed by atoms with E-state index in [1.54, 1.807) is 19.2 Å². The summed E-state index contributed by atoms with van der Waals surface area (Å²) in [4.78, 5) is 29.5. The number of ether oxygens (including phenoxy) is 2. The van der Waals surface area contributed by atoms with Crippen LogP contribution in [0.5, 0.6) is 11.6 Å². The van der Waals surface area contributed by atoms with Crippen LogP contribution >= 0.6 is 11.3 Å². The zero-order chi connectivity index (χ0) is 19.0. The van der Waals surface area contributed by atoms with E-state index in [0.717, 1.165) is 33.8 Å². The number of fused-ring (bicyclic) bond motifs is 1. The van der Waals surface area contributed by atoms with Crippen LogP contribution in [-0.2, 0) is 4.79 Å². The molecule has 2 aromatic carbocycles. The molecule has 2 heterocycles. The Morgan fingerprint density at radius 2 is 1.78 bits per heavy atom. The van der Waals surface area contributed by atoms with Crippen molar-refractivity contribution >= 4 is 17.3 Å². The maximum absolute atomic E-state index is 12.9. The summed E-state index contributed by atoms with van der Waals surface area (Å²) >= 11 is 1.06. The average Bonchev–Trinajstić information content (AvgIpc) is 2.67. The lowest BCUT2D eigenvalue weighted by Crippen LogP contribution is -2.26. The van der Waals surface area contributed by atoms with Crippen molar-refractivity contribution in [3.05, 3.63) is 74.8 Å². The smallest absolute Gasteiger partial charge is 0.313 e. The first-order valence-electron chi connectivity index (χ1n) is 8.52. The first-order valence-corrected chi connectivity index (χ1v) is 9.33. The minimum atomic E-state index is -0.378. The highest BCUT2D eigenvalue weighted by Gasteiger charge is 2.33. The Morgan fingerprint density at radius 1 is 1.07 bits per heavy atom. The van der Waals surface area contributed by atoms with E-state index in [9.17, 15) is 9.59 Å². The van der Waals surface area contributed by atoms with E-state index in [-0.39, 0.29) is 28.9 Å². The second-order valence-corrected chi connectivity index (χ2v) is 7.36. The summed E-state index contributed by atoms with van der Waals surface area (Å²) < 4.78 is 10.3. The number of hydrogen-bond acceptors (Lipinski definition) is 6. The Hall–Kier alpha value is -2.99. The van der Waals surface area contributed by atoms with Gasteiger partial charge in [-0.15, -0.1) is 0 Å². The van der Waals surface area contributed by atoms with E-state index in [2.05, 4.69) is 4.98 Å². The summed E-state index contributed by atoms with van der Waals surface area (Å²) in [7, 11) is 1.59. The molecule has 4 rings (SSSR count). The van der Waals surface area contributed by atoms with Crippen molar-refractivity contribution in [3.8, 4) is 22.2 Å². The average molecular weight is 379 g/mol. The molecular weight excluding hydrogens is 362 g/mol. The van der Waals surface area contributed by atoms with Crippen molar-refractivity contribution in [1.29, 1.82) is 0 Å². The number of aromatic nitrogens is 1. The van der Waals surface area contributed by atoms with Crippen molar-refractivity contribution in [2.75, 3.05) is 7.11 Å². The Bertz CT molecular complexity index is 1060. The maximum atomic E-state index is 12.9. The molecule has 6 heteroatoms. The number of benzene rings is 2. The van der Waals surface area contributed by atoms with Crippen molar-refractivity contribution in [3.63, 3.8) is 0 Å². The highest BCUT2D eigenvalue weighted by Crippen LogP contribution is 2.37. The van der Waals surface area contributed by atoms with Crippen molar-refractivity contribution in [2.24, 2.45) is 0 Å². The Morgan fingerprint density at radius 3 is 2.44 bits per heavy atom. The van der Waals surface area contributed by atoms with Gasteiger partial charge in [0.25, 0.3) is 0 Å². The van der Waals surface area contributed by atoms with Crippen LogP contribution < -0.4 is 14.2 Å². The standard InChI is InChI=1S/C21H17NO4S/c1-12-3-5-13(6-4-12)16-11-17(23)26-19-18(16)21(24)27-20(22-19)14-7-9-15(25-2)10-8-14/h3-10,16H,11H2,1-2H3. The third-order valence-electron chi connectivity index (χ3n) is 4.59. The molecule has 1 unspecified atom stereocenters. The lowest BCUT2D eigenvalue weighted by Gasteiger charge is -2.23. The molecule has 1 atom stereocenters. The maximum Gasteiger partial charge on any atom is 0.313 e. The second-order valence-electron chi connectivity index (χ2n) is 6.40. The molecule has 0 bridgehead atoms. The largest absolute Gasteiger partial charge is 0.497 e. The van der Waals surface area contributed by atoms with E-state index in [1.807, 2.05) is 43.3 Å². The number of nitrogens with zero attached hydrogens (tertiary/aromatic N) is 1. The highest BCUT2D eigenvalue weighted by atomic mass is 32.1. The molecule has 0 N–H and O–H groups in total. The predicted octanol–water partition coefficient (Wildman–Crippen LogP) is 3.93. The lowest BCUT2D eigenvalue weighted by molar-refractivity contribution is -0.135. The first-order chi connectivity index (χ1) is 13.0. The molecule has 5 nitrogen and oxygen atoms in total. The Balaban J connectivity index is 1.80. The molecule has 0 fully saturated rings. The van der Waals surface area contributed by atoms with Crippen LogP contribution in [0.15, 0.2) is 53.3 Å². The predicted molar refractivity (Wildman–Crippen MR) is 104 cm³/mol. The minimum Gasteiger partial charge on any atom is -0.497 e. The number of aryl methyl sites for hydroxylation is 1. The van der Waals surface area contributed by atoms with E-state index < -0.39 is 0 Å². The number of hydrogen-bond donors (Lipinski definition) is 0. The fourth-order valence-electron chi connectivity index (χ4n) is 3.13. The molecule has 1 aromatic heterocycles. The molecule has 1 aliphatic rings. The summed E-state index contributed by atoms with van der Waals surface area (Å²) in [5.74, 6) is 0.126. The van der Waals surface area contributed by atoms with Gasteiger partial charge in [0.15, 0.2) is 0 Å². The minimum absolute atomic E-state index is 0.117. The Kier molecular flexibility index (Phi) is 4.49. The molecule has 3 aromatic rings. The number of rotatable bonds is 3. The van der Waals surface area contributed by atoms with E-state index >= 15 is 0 Å². The van der Waals surface area contributed by atoms with Crippen LogP contribution in [0.25, 0.3) is 10.6 Å². The molecule has 1 aliphatic heterocycles. The summed E-state index contributed by atoms with van der Waals surface area (Å²) in [5, 5.41) is 0.513. The van der Waals surface area contributed by atoms with Gasteiger partial charge in [0.1, 0.15) is 10.8 Å². The van der Waals surface area contributed by atoms with E-state index in [4.69, 9.17) is 9.47 Å². The summed E-state index contributed by atoms with van der Waals surface area (Å²) in [6.07, 6.45) is 0.140. The third-order valence-corrected chi connectivity index (χ3v) is 5.51.